The van der Waals surface area contributed by atoms with Crippen molar-refractivity contribution in [3.8, 4) is 5.75 Å². The van der Waals surface area contributed by atoms with Crippen molar-refractivity contribution in [1.82, 2.24) is 0 Å². The second kappa shape index (κ2) is 5.73. The van der Waals surface area contributed by atoms with Crippen LogP contribution in [0.2, 0.25) is 0 Å². The molecule has 0 aromatic heterocycles. The van der Waals surface area contributed by atoms with Gasteiger partial charge in [0.15, 0.2) is 11.6 Å². The molecule has 0 unspecified atom stereocenters. The minimum absolute atomic E-state index is 0.170. The van der Waals surface area contributed by atoms with E-state index in [4.69, 9.17) is 10.5 Å². The molecule has 0 aliphatic rings. The van der Waals surface area contributed by atoms with Crippen LogP contribution in [0.15, 0.2) is 30.3 Å². The van der Waals surface area contributed by atoms with Gasteiger partial charge in [0, 0.05) is 23.9 Å². The third-order valence-corrected chi connectivity index (χ3v) is 2.60. The molecule has 0 amide bonds. The minimum atomic E-state index is -1.24. The Kier molecular flexibility index (Phi) is 4.02. The van der Waals surface area contributed by atoms with Gasteiger partial charge in [-0.3, -0.25) is 0 Å². The highest BCUT2D eigenvalue weighted by atomic mass is 19.2. The van der Waals surface area contributed by atoms with Gasteiger partial charge in [0.25, 0.3) is 0 Å². The molecule has 0 saturated carbocycles. The number of hydrogen-bond acceptors (Lipinski definition) is 3. The van der Waals surface area contributed by atoms with Crippen LogP contribution in [0.1, 0.15) is 6.92 Å². The molecule has 0 saturated heterocycles. The maximum absolute atomic E-state index is 13.5. The summed E-state index contributed by atoms with van der Waals surface area (Å²) in [5, 5.41) is 2.65. The number of halogens is 3. The Hall–Kier alpha value is -2.37. The Morgan fingerprint density at radius 3 is 2.45 bits per heavy atom. The lowest BCUT2D eigenvalue weighted by Crippen LogP contribution is -2.00. The Labute approximate surface area is 114 Å². The number of benzene rings is 2. The van der Waals surface area contributed by atoms with Gasteiger partial charge in [-0.05, 0) is 19.1 Å². The lowest BCUT2D eigenvalue weighted by atomic mass is 10.2. The molecule has 3 nitrogen and oxygen atoms in total. The number of ether oxygens (including phenoxy) is 1. The van der Waals surface area contributed by atoms with Gasteiger partial charge in [-0.1, -0.05) is 0 Å². The zero-order chi connectivity index (χ0) is 14.7. The van der Waals surface area contributed by atoms with Crippen LogP contribution in [0.3, 0.4) is 0 Å². The van der Waals surface area contributed by atoms with E-state index >= 15 is 0 Å². The van der Waals surface area contributed by atoms with Crippen LogP contribution in [0.4, 0.5) is 30.2 Å². The second-order valence-electron chi connectivity index (χ2n) is 4.06. The first-order chi connectivity index (χ1) is 9.51. The SMILES string of the molecule is CCOc1cc(Nc2cc(F)c(F)cc2F)ccc1N. The highest BCUT2D eigenvalue weighted by Gasteiger charge is 2.10. The topological polar surface area (TPSA) is 47.3 Å². The summed E-state index contributed by atoms with van der Waals surface area (Å²) < 4.78 is 44.8. The monoisotopic (exact) mass is 282 g/mol. The van der Waals surface area contributed by atoms with Crippen molar-refractivity contribution in [2.24, 2.45) is 0 Å². The summed E-state index contributed by atoms with van der Waals surface area (Å²) in [7, 11) is 0. The summed E-state index contributed by atoms with van der Waals surface area (Å²) in [6.45, 7) is 2.22. The number of rotatable bonds is 4. The Balaban J connectivity index is 2.30. The lowest BCUT2D eigenvalue weighted by molar-refractivity contribution is 0.342. The molecule has 6 heteroatoms. The molecule has 2 aromatic carbocycles. The molecule has 0 spiro atoms. The third kappa shape index (κ3) is 2.96. The van der Waals surface area contributed by atoms with Gasteiger partial charge < -0.3 is 15.8 Å². The van der Waals surface area contributed by atoms with E-state index < -0.39 is 17.5 Å². The molecule has 2 rings (SSSR count). The number of nitrogens with two attached hydrogens (primary N) is 1. The molecule has 0 radical (unpaired) electrons. The van der Waals surface area contributed by atoms with Gasteiger partial charge in [-0.25, -0.2) is 13.2 Å². The van der Waals surface area contributed by atoms with E-state index in [2.05, 4.69) is 5.32 Å². The van der Waals surface area contributed by atoms with E-state index in [1.165, 1.54) is 0 Å². The second-order valence-corrected chi connectivity index (χ2v) is 4.06. The Morgan fingerprint density at radius 1 is 1.05 bits per heavy atom. The minimum Gasteiger partial charge on any atom is -0.492 e. The molecule has 0 aliphatic carbocycles. The van der Waals surface area contributed by atoms with Crippen LogP contribution < -0.4 is 15.8 Å². The maximum atomic E-state index is 13.5. The molecule has 0 heterocycles. The summed E-state index contributed by atoms with van der Waals surface area (Å²) in [6, 6.07) is 5.95. The van der Waals surface area contributed by atoms with Crippen molar-refractivity contribution in [2.45, 2.75) is 6.92 Å². The first kappa shape index (κ1) is 14.0. The molecule has 106 valence electrons. The average molecular weight is 282 g/mol. The van der Waals surface area contributed by atoms with Crippen LogP contribution in [0.5, 0.6) is 5.75 Å². The molecule has 0 atom stereocenters. The zero-order valence-electron chi connectivity index (χ0n) is 10.7. The van der Waals surface area contributed by atoms with Gasteiger partial charge in [-0.15, -0.1) is 0 Å². The van der Waals surface area contributed by atoms with E-state index in [9.17, 15) is 13.2 Å². The lowest BCUT2D eigenvalue weighted by Gasteiger charge is -2.12. The maximum Gasteiger partial charge on any atom is 0.161 e. The zero-order valence-corrected chi connectivity index (χ0v) is 10.7. The first-order valence-corrected chi connectivity index (χ1v) is 5.95. The van der Waals surface area contributed by atoms with Gasteiger partial charge in [-0.2, -0.15) is 0 Å². The van der Waals surface area contributed by atoms with Gasteiger partial charge in [0.1, 0.15) is 11.6 Å². The number of hydrogen-bond donors (Lipinski definition) is 2. The fourth-order valence-corrected chi connectivity index (χ4v) is 1.67. The quantitative estimate of drug-likeness (QED) is 0.662. The predicted octanol–water partition coefficient (Wildman–Crippen LogP) is 3.83. The summed E-state index contributed by atoms with van der Waals surface area (Å²) >= 11 is 0. The van der Waals surface area contributed by atoms with E-state index in [1.807, 2.05) is 0 Å². The molecule has 3 N–H and O–H groups in total. The third-order valence-electron chi connectivity index (χ3n) is 2.60. The number of nitrogen functional groups attached to an aromatic ring is 1. The fraction of sp³-hybridized carbons (Fsp3) is 0.143. The Bertz CT molecular complexity index is 632. The van der Waals surface area contributed by atoms with Crippen LogP contribution in [-0.4, -0.2) is 6.61 Å². The smallest absolute Gasteiger partial charge is 0.161 e. The molecule has 20 heavy (non-hydrogen) atoms. The molecule has 0 bridgehead atoms. The van der Waals surface area contributed by atoms with Crippen molar-refractivity contribution < 1.29 is 17.9 Å². The summed E-state index contributed by atoms with van der Waals surface area (Å²) in [4.78, 5) is 0. The van der Waals surface area contributed by atoms with Gasteiger partial charge >= 0.3 is 0 Å². The Morgan fingerprint density at radius 2 is 1.75 bits per heavy atom. The van der Waals surface area contributed by atoms with Crippen molar-refractivity contribution in [1.29, 1.82) is 0 Å². The molecule has 0 fully saturated rings. The van der Waals surface area contributed by atoms with E-state index in [0.29, 0.717) is 29.8 Å². The fourth-order valence-electron chi connectivity index (χ4n) is 1.67. The van der Waals surface area contributed by atoms with Crippen LogP contribution >= 0.6 is 0 Å². The summed E-state index contributed by atoms with van der Waals surface area (Å²) in [6.07, 6.45) is 0. The van der Waals surface area contributed by atoms with Crippen LogP contribution in [-0.2, 0) is 0 Å². The van der Waals surface area contributed by atoms with E-state index in [0.717, 1.165) is 6.07 Å². The predicted molar refractivity (Wildman–Crippen MR) is 71.6 cm³/mol. The van der Waals surface area contributed by atoms with Crippen molar-refractivity contribution in [3.05, 3.63) is 47.8 Å². The van der Waals surface area contributed by atoms with E-state index in [1.54, 1.807) is 25.1 Å². The highest BCUT2D eigenvalue weighted by molar-refractivity contribution is 5.67. The van der Waals surface area contributed by atoms with Gasteiger partial charge in [0.2, 0.25) is 0 Å². The van der Waals surface area contributed by atoms with Gasteiger partial charge in [0.05, 0.1) is 18.0 Å². The van der Waals surface area contributed by atoms with Crippen molar-refractivity contribution in [3.63, 3.8) is 0 Å². The van der Waals surface area contributed by atoms with Crippen molar-refractivity contribution in [2.75, 3.05) is 17.7 Å². The number of anilines is 3. The molecular formula is C14H13F3N2O. The first-order valence-electron chi connectivity index (χ1n) is 5.95. The standard InChI is InChI=1S/C14H13F3N2O/c1-2-20-14-5-8(3-4-12(14)18)19-13-7-10(16)9(15)6-11(13)17/h3-7,19H,2,18H2,1H3. The van der Waals surface area contributed by atoms with Crippen molar-refractivity contribution >= 4 is 17.1 Å². The number of nitrogens with one attached hydrogen (secondary N) is 1. The molecule has 0 aliphatic heterocycles. The largest absolute Gasteiger partial charge is 0.492 e. The molecule has 2 aromatic rings. The molecular weight excluding hydrogens is 269 g/mol. The van der Waals surface area contributed by atoms with Crippen LogP contribution in [0.25, 0.3) is 0 Å². The van der Waals surface area contributed by atoms with E-state index in [-0.39, 0.29) is 5.69 Å². The average Bonchev–Trinajstić information content (AvgIpc) is 2.40. The van der Waals surface area contributed by atoms with Crippen LogP contribution in [0, 0.1) is 17.5 Å². The summed E-state index contributed by atoms with van der Waals surface area (Å²) in [5.74, 6) is -2.83. The summed E-state index contributed by atoms with van der Waals surface area (Å²) in [5.41, 5.74) is 6.42. The highest BCUT2D eigenvalue weighted by Crippen LogP contribution is 2.29. The normalized spacial score (nSPS) is 10.4.